The maximum Gasteiger partial charge on any atom is 0.161 e. The van der Waals surface area contributed by atoms with Gasteiger partial charge in [-0.15, -0.1) is 0 Å². The normalized spacial score (nSPS) is 14.0. The molecule has 1 rings (SSSR count). The number of nitrogens with zero attached hydrogens (tertiary/aromatic N) is 2. The molecule has 0 aliphatic carbocycles. The smallest absolute Gasteiger partial charge is 0.161 e. The van der Waals surface area contributed by atoms with Gasteiger partial charge in [-0.05, 0) is 32.7 Å². The molecule has 0 radical (unpaired) electrons. The Labute approximate surface area is 111 Å². The summed E-state index contributed by atoms with van der Waals surface area (Å²) in [4.78, 5) is 0. The van der Waals surface area contributed by atoms with Crippen LogP contribution in [0.4, 0.5) is 0 Å². The van der Waals surface area contributed by atoms with Crippen LogP contribution in [0.15, 0.2) is 6.20 Å². The van der Waals surface area contributed by atoms with E-state index in [1.807, 2.05) is 17.9 Å². The van der Waals surface area contributed by atoms with Crippen molar-refractivity contribution >= 4 is 0 Å². The van der Waals surface area contributed by atoms with E-state index in [-0.39, 0.29) is 11.5 Å². The SMILES string of the molecule is CNC(CC(C)(C)C)c1c(OC)cnn1C(C)C. The molecule has 4 nitrogen and oxygen atoms in total. The van der Waals surface area contributed by atoms with E-state index in [0.717, 1.165) is 17.9 Å². The van der Waals surface area contributed by atoms with Crippen molar-refractivity contribution in [2.45, 2.75) is 53.1 Å². The Morgan fingerprint density at radius 2 is 2.00 bits per heavy atom. The van der Waals surface area contributed by atoms with Crippen molar-refractivity contribution in [1.29, 1.82) is 0 Å². The predicted molar refractivity (Wildman–Crippen MR) is 75.0 cm³/mol. The van der Waals surface area contributed by atoms with Crippen LogP contribution in [0.2, 0.25) is 0 Å². The Hall–Kier alpha value is -1.03. The standard InChI is InChI=1S/C14H27N3O/c1-10(2)17-13(12(18-7)9-16-17)11(15-6)8-14(3,4)5/h9-11,15H,8H2,1-7H3. The Bertz CT molecular complexity index is 377. The van der Waals surface area contributed by atoms with Gasteiger partial charge in [0, 0.05) is 6.04 Å². The zero-order valence-electron chi connectivity index (χ0n) is 12.7. The van der Waals surface area contributed by atoms with E-state index in [4.69, 9.17) is 4.74 Å². The summed E-state index contributed by atoms with van der Waals surface area (Å²) in [5.41, 5.74) is 1.40. The largest absolute Gasteiger partial charge is 0.493 e. The highest BCUT2D eigenvalue weighted by Gasteiger charge is 2.26. The summed E-state index contributed by atoms with van der Waals surface area (Å²) < 4.78 is 7.50. The molecule has 0 aromatic carbocycles. The lowest BCUT2D eigenvalue weighted by molar-refractivity contribution is 0.299. The van der Waals surface area contributed by atoms with Crippen molar-refractivity contribution in [3.05, 3.63) is 11.9 Å². The Morgan fingerprint density at radius 1 is 1.39 bits per heavy atom. The highest BCUT2D eigenvalue weighted by molar-refractivity contribution is 5.29. The van der Waals surface area contributed by atoms with Crippen LogP contribution >= 0.6 is 0 Å². The van der Waals surface area contributed by atoms with Gasteiger partial charge >= 0.3 is 0 Å². The molecule has 0 amide bonds. The van der Waals surface area contributed by atoms with Gasteiger partial charge in [0.05, 0.1) is 25.0 Å². The number of ether oxygens (including phenoxy) is 1. The van der Waals surface area contributed by atoms with Crippen molar-refractivity contribution < 1.29 is 4.74 Å². The topological polar surface area (TPSA) is 39.1 Å². The Balaban J connectivity index is 3.14. The molecule has 0 aliphatic heterocycles. The second-order valence-corrected chi connectivity index (χ2v) is 6.24. The van der Waals surface area contributed by atoms with Crippen LogP contribution < -0.4 is 10.1 Å². The van der Waals surface area contributed by atoms with Gasteiger partial charge in [0.1, 0.15) is 0 Å². The fourth-order valence-electron chi connectivity index (χ4n) is 2.20. The van der Waals surface area contributed by atoms with Gasteiger partial charge in [0.25, 0.3) is 0 Å². The summed E-state index contributed by atoms with van der Waals surface area (Å²) in [7, 11) is 3.70. The molecular weight excluding hydrogens is 226 g/mol. The molecule has 4 heteroatoms. The summed E-state index contributed by atoms with van der Waals surface area (Å²) in [5.74, 6) is 0.868. The zero-order valence-corrected chi connectivity index (χ0v) is 12.7. The van der Waals surface area contributed by atoms with Gasteiger partial charge in [-0.2, -0.15) is 5.10 Å². The van der Waals surface area contributed by atoms with Gasteiger partial charge in [-0.1, -0.05) is 20.8 Å². The molecule has 1 aromatic heterocycles. The molecule has 0 saturated heterocycles. The third-order valence-corrected chi connectivity index (χ3v) is 3.00. The maximum absolute atomic E-state index is 5.45. The Morgan fingerprint density at radius 3 is 2.39 bits per heavy atom. The molecule has 0 saturated carbocycles. The summed E-state index contributed by atoms with van der Waals surface area (Å²) in [5, 5.41) is 7.83. The predicted octanol–water partition coefficient (Wildman–Crippen LogP) is 3.17. The number of hydrogen-bond acceptors (Lipinski definition) is 3. The van der Waals surface area contributed by atoms with Crippen molar-refractivity contribution in [2.75, 3.05) is 14.2 Å². The lowest BCUT2D eigenvalue weighted by atomic mass is 9.87. The molecule has 0 fully saturated rings. The summed E-state index contributed by atoms with van der Waals surface area (Å²) in [6.07, 6.45) is 2.85. The average Bonchev–Trinajstić information content (AvgIpc) is 2.68. The summed E-state index contributed by atoms with van der Waals surface area (Å²) in [6, 6.07) is 0.588. The number of rotatable bonds is 5. The molecule has 1 N–H and O–H groups in total. The van der Waals surface area contributed by atoms with Crippen LogP contribution in [0.25, 0.3) is 0 Å². The minimum atomic E-state index is 0.254. The van der Waals surface area contributed by atoms with Gasteiger partial charge in [-0.25, -0.2) is 0 Å². The van der Waals surface area contributed by atoms with Gasteiger partial charge in [0.15, 0.2) is 5.75 Å². The highest BCUT2D eigenvalue weighted by Crippen LogP contribution is 2.34. The molecule has 0 aliphatic rings. The van der Waals surface area contributed by atoms with Gasteiger partial charge < -0.3 is 10.1 Å². The number of methoxy groups -OCH3 is 1. The van der Waals surface area contributed by atoms with E-state index >= 15 is 0 Å². The lowest BCUT2D eigenvalue weighted by Crippen LogP contribution is -2.26. The van der Waals surface area contributed by atoms with Gasteiger partial charge in [-0.3, -0.25) is 4.68 Å². The quantitative estimate of drug-likeness (QED) is 0.876. The van der Waals surface area contributed by atoms with Crippen molar-refractivity contribution in [3.8, 4) is 5.75 Å². The van der Waals surface area contributed by atoms with Crippen LogP contribution in [0.5, 0.6) is 5.75 Å². The first-order valence-electron chi connectivity index (χ1n) is 6.58. The maximum atomic E-state index is 5.45. The first-order valence-corrected chi connectivity index (χ1v) is 6.58. The molecule has 18 heavy (non-hydrogen) atoms. The number of aromatic nitrogens is 2. The second-order valence-electron chi connectivity index (χ2n) is 6.24. The van der Waals surface area contributed by atoms with Crippen LogP contribution in [0.1, 0.15) is 58.8 Å². The van der Waals surface area contributed by atoms with E-state index in [9.17, 15) is 0 Å². The van der Waals surface area contributed by atoms with E-state index in [1.54, 1.807) is 7.11 Å². The second kappa shape index (κ2) is 5.74. The third-order valence-electron chi connectivity index (χ3n) is 3.00. The fraction of sp³-hybridized carbons (Fsp3) is 0.786. The van der Waals surface area contributed by atoms with Crippen LogP contribution in [-0.2, 0) is 0 Å². The average molecular weight is 253 g/mol. The molecule has 1 unspecified atom stereocenters. The number of hydrogen-bond donors (Lipinski definition) is 1. The molecule has 104 valence electrons. The van der Waals surface area contributed by atoms with Crippen LogP contribution in [0.3, 0.4) is 0 Å². The van der Waals surface area contributed by atoms with Crippen LogP contribution in [0, 0.1) is 5.41 Å². The van der Waals surface area contributed by atoms with E-state index in [1.165, 1.54) is 0 Å². The first kappa shape index (κ1) is 15.0. The molecule has 0 spiro atoms. The minimum Gasteiger partial charge on any atom is -0.493 e. The molecular formula is C14H27N3O. The van der Waals surface area contributed by atoms with Crippen LogP contribution in [-0.4, -0.2) is 23.9 Å². The van der Waals surface area contributed by atoms with E-state index in [2.05, 4.69) is 45.0 Å². The summed E-state index contributed by atoms with van der Waals surface area (Å²) >= 11 is 0. The van der Waals surface area contributed by atoms with E-state index < -0.39 is 0 Å². The van der Waals surface area contributed by atoms with E-state index in [0.29, 0.717) is 6.04 Å². The zero-order chi connectivity index (χ0) is 13.9. The van der Waals surface area contributed by atoms with Crippen molar-refractivity contribution in [1.82, 2.24) is 15.1 Å². The first-order chi connectivity index (χ1) is 8.30. The third kappa shape index (κ3) is 3.48. The number of nitrogens with one attached hydrogen (secondary N) is 1. The lowest BCUT2D eigenvalue weighted by Gasteiger charge is -2.27. The van der Waals surface area contributed by atoms with Crippen molar-refractivity contribution in [3.63, 3.8) is 0 Å². The molecule has 1 heterocycles. The molecule has 0 bridgehead atoms. The van der Waals surface area contributed by atoms with Gasteiger partial charge in [0.2, 0.25) is 0 Å². The minimum absolute atomic E-state index is 0.254. The molecule has 1 aromatic rings. The fourth-order valence-corrected chi connectivity index (χ4v) is 2.20. The highest BCUT2D eigenvalue weighted by atomic mass is 16.5. The monoisotopic (exact) mass is 253 g/mol. The summed E-state index contributed by atoms with van der Waals surface area (Å²) in [6.45, 7) is 11.0. The molecule has 1 atom stereocenters. The Kier molecular flexibility index (Phi) is 4.79. The van der Waals surface area contributed by atoms with Crippen molar-refractivity contribution in [2.24, 2.45) is 5.41 Å².